The minimum absolute atomic E-state index is 0.00336. The summed E-state index contributed by atoms with van der Waals surface area (Å²) < 4.78 is 7.33. The summed E-state index contributed by atoms with van der Waals surface area (Å²) in [7, 11) is 0. The number of likely N-dealkylation sites (tertiary alicyclic amines) is 1. The van der Waals surface area contributed by atoms with Gasteiger partial charge >= 0.3 is 11.7 Å². The van der Waals surface area contributed by atoms with Crippen molar-refractivity contribution in [1.82, 2.24) is 19.2 Å². The van der Waals surface area contributed by atoms with E-state index in [0.717, 1.165) is 31.5 Å². The van der Waals surface area contributed by atoms with Crippen LogP contribution in [0.2, 0.25) is 0 Å². The Kier molecular flexibility index (Phi) is 7.71. The first-order valence-electron chi connectivity index (χ1n) is 12.5. The molecule has 1 amide bonds. The van der Waals surface area contributed by atoms with Crippen LogP contribution in [0, 0.1) is 26.7 Å². The van der Waals surface area contributed by atoms with Gasteiger partial charge in [0.2, 0.25) is 5.69 Å². The molecule has 0 radical (unpaired) electrons. The quantitative estimate of drug-likeness (QED) is 0.478. The van der Waals surface area contributed by atoms with E-state index in [1.165, 1.54) is 4.90 Å². The number of rotatable bonds is 6. The molecule has 0 bridgehead atoms. The van der Waals surface area contributed by atoms with Gasteiger partial charge in [-0.25, -0.2) is 4.79 Å². The number of benzene rings is 2. The molecule has 2 heterocycles. The van der Waals surface area contributed by atoms with Crippen molar-refractivity contribution >= 4 is 11.9 Å². The number of esters is 1. The van der Waals surface area contributed by atoms with Crippen LogP contribution in [-0.4, -0.2) is 50.8 Å². The normalized spacial score (nSPS) is 15.5. The maximum atomic E-state index is 13.6. The highest BCUT2D eigenvalue weighted by atomic mass is 16.5. The molecule has 1 aromatic heterocycles. The number of hydrogen-bond donors (Lipinski definition) is 0. The van der Waals surface area contributed by atoms with E-state index in [-0.39, 0.29) is 31.4 Å². The first-order chi connectivity index (χ1) is 17.7. The van der Waals surface area contributed by atoms with E-state index in [1.807, 2.05) is 51.1 Å². The predicted octanol–water partition coefficient (Wildman–Crippen LogP) is 2.78. The number of carbonyl (C=O) groups excluding carboxylic acids is 2. The molecule has 9 heteroatoms. The number of ether oxygens (including phenoxy) is 1. The molecule has 9 nitrogen and oxygen atoms in total. The zero-order chi connectivity index (χ0) is 26.7. The molecule has 194 valence electrons. The van der Waals surface area contributed by atoms with E-state index in [9.17, 15) is 19.2 Å². The second-order valence-corrected chi connectivity index (χ2v) is 9.55. The highest BCUT2D eigenvalue weighted by Crippen LogP contribution is 2.19. The molecule has 1 unspecified atom stereocenters. The van der Waals surface area contributed by atoms with Crippen LogP contribution >= 0.6 is 0 Å². The van der Waals surface area contributed by atoms with Gasteiger partial charge in [0, 0.05) is 13.1 Å². The van der Waals surface area contributed by atoms with Gasteiger partial charge < -0.3 is 9.64 Å². The summed E-state index contributed by atoms with van der Waals surface area (Å²) in [5, 5.41) is 4.29. The number of amides is 1. The Labute approximate surface area is 215 Å². The Hall–Kier alpha value is -4.01. The lowest BCUT2D eigenvalue weighted by Crippen LogP contribution is -2.49. The van der Waals surface area contributed by atoms with E-state index < -0.39 is 23.1 Å². The topological polar surface area (TPSA) is 104 Å². The molecular formula is C28H32N4O5. The Balaban J connectivity index is 1.83. The summed E-state index contributed by atoms with van der Waals surface area (Å²) in [5.74, 6) is -1.42. The molecule has 1 saturated heterocycles. The van der Waals surface area contributed by atoms with Gasteiger partial charge in [0.25, 0.3) is 11.5 Å². The lowest BCUT2D eigenvalue weighted by atomic mass is 9.98. The molecule has 3 aromatic rings. The van der Waals surface area contributed by atoms with Crippen molar-refractivity contribution in [3.8, 4) is 5.69 Å². The summed E-state index contributed by atoms with van der Waals surface area (Å²) in [4.78, 5) is 54.6. The zero-order valence-corrected chi connectivity index (χ0v) is 21.7. The smallest absolute Gasteiger partial charge is 0.352 e. The van der Waals surface area contributed by atoms with Crippen LogP contribution in [0.1, 0.15) is 52.5 Å². The number of hydrogen-bond acceptors (Lipinski definition) is 6. The van der Waals surface area contributed by atoms with Crippen LogP contribution in [-0.2, 0) is 16.1 Å². The Morgan fingerprint density at radius 3 is 2.43 bits per heavy atom. The summed E-state index contributed by atoms with van der Waals surface area (Å²) in [6, 6.07) is 13.0. The third-order valence-corrected chi connectivity index (χ3v) is 6.63. The number of nitrogens with zero attached hydrogens (tertiary/aromatic N) is 4. The molecule has 0 saturated carbocycles. The SMILES string of the molecule is CCOC(=O)C1CCCN(C(=O)c2nn(-c3cc(C)cc(C)c3)c(=O)n(Cc3ccccc3C)c2=O)C1. The maximum absolute atomic E-state index is 13.6. The molecular weight excluding hydrogens is 472 g/mol. The van der Waals surface area contributed by atoms with Gasteiger partial charge in [-0.15, -0.1) is 0 Å². The van der Waals surface area contributed by atoms with Crippen molar-refractivity contribution in [3.05, 3.63) is 91.3 Å². The Bertz CT molecular complexity index is 1440. The molecule has 4 rings (SSSR count). The third kappa shape index (κ3) is 5.55. The van der Waals surface area contributed by atoms with Gasteiger partial charge in [-0.2, -0.15) is 9.78 Å². The standard InChI is InChI=1S/C28H32N4O5/c1-5-37-27(35)22-11-8-12-30(16-22)25(33)24-26(34)31(17-21-10-7-6-9-20(21)4)28(36)32(29-24)23-14-18(2)13-19(3)15-23/h6-7,9-10,13-15,22H,5,8,11-12,16-17H2,1-4H3. The number of piperidine rings is 1. The Morgan fingerprint density at radius 1 is 1.05 bits per heavy atom. The third-order valence-electron chi connectivity index (χ3n) is 6.63. The molecule has 1 atom stereocenters. The lowest BCUT2D eigenvalue weighted by Gasteiger charge is -2.31. The van der Waals surface area contributed by atoms with Crippen molar-refractivity contribution in [2.75, 3.05) is 19.7 Å². The van der Waals surface area contributed by atoms with Gasteiger partial charge in [0.1, 0.15) is 0 Å². The van der Waals surface area contributed by atoms with Crippen molar-refractivity contribution in [3.63, 3.8) is 0 Å². The van der Waals surface area contributed by atoms with Crippen molar-refractivity contribution in [2.45, 2.75) is 47.1 Å². The summed E-state index contributed by atoms with van der Waals surface area (Å²) in [5.41, 5.74) is 2.29. The highest BCUT2D eigenvalue weighted by Gasteiger charge is 2.32. The minimum Gasteiger partial charge on any atom is -0.466 e. The second kappa shape index (κ2) is 10.9. The number of carbonyl (C=O) groups is 2. The van der Waals surface area contributed by atoms with Crippen molar-refractivity contribution in [1.29, 1.82) is 0 Å². The van der Waals surface area contributed by atoms with Crippen LogP contribution in [0.5, 0.6) is 0 Å². The van der Waals surface area contributed by atoms with Crippen LogP contribution in [0.15, 0.2) is 52.1 Å². The molecule has 37 heavy (non-hydrogen) atoms. The number of aromatic nitrogens is 3. The fourth-order valence-electron chi connectivity index (χ4n) is 4.75. The largest absolute Gasteiger partial charge is 0.466 e. The lowest BCUT2D eigenvalue weighted by molar-refractivity contribution is -0.149. The molecule has 2 aromatic carbocycles. The van der Waals surface area contributed by atoms with Crippen LogP contribution < -0.4 is 11.2 Å². The van der Waals surface area contributed by atoms with Crippen molar-refractivity contribution < 1.29 is 14.3 Å². The van der Waals surface area contributed by atoms with E-state index in [2.05, 4.69) is 5.10 Å². The second-order valence-electron chi connectivity index (χ2n) is 9.55. The molecule has 0 spiro atoms. The average Bonchev–Trinajstić information content (AvgIpc) is 2.87. The van der Waals surface area contributed by atoms with E-state index in [1.54, 1.807) is 19.1 Å². The van der Waals surface area contributed by atoms with Crippen LogP contribution in [0.4, 0.5) is 0 Å². The Morgan fingerprint density at radius 2 is 1.76 bits per heavy atom. The van der Waals surface area contributed by atoms with Gasteiger partial charge in [-0.05, 0) is 74.9 Å². The monoisotopic (exact) mass is 504 g/mol. The predicted molar refractivity (Wildman–Crippen MR) is 139 cm³/mol. The van der Waals surface area contributed by atoms with Gasteiger partial charge in [0.05, 0.1) is 24.8 Å². The van der Waals surface area contributed by atoms with E-state index in [4.69, 9.17) is 4.74 Å². The fraction of sp³-hybridized carbons (Fsp3) is 0.393. The number of aryl methyl sites for hydroxylation is 3. The molecule has 1 aliphatic heterocycles. The molecule has 0 N–H and O–H groups in total. The first kappa shape index (κ1) is 26.1. The molecule has 0 aliphatic carbocycles. The highest BCUT2D eigenvalue weighted by molar-refractivity contribution is 5.92. The van der Waals surface area contributed by atoms with E-state index >= 15 is 0 Å². The van der Waals surface area contributed by atoms with Gasteiger partial charge in [0.15, 0.2) is 0 Å². The fourth-order valence-corrected chi connectivity index (χ4v) is 4.75. The summed E-state index contributed by atoms with van der Waals surface area (Å²) >= 11 is 0. The molecule has 1 fully saturated rings. The van der Waals surface area contributed by atoms with Crippen LogP contribution in [0.25, 0.3) is 5.69 Å². The zero-order valence-electron chi connectivity index (χ0n) is 21.7. The van der Waals surface area contributed by atoms with Gasteiger partial charge in [-0.3, -0.25) is 19.0 Å². The first-order valence-corrected chi connectivity index (χ1v) is 12.5. The maximum Gasteiger partial charge on any atom is 0.352 e. The van der Waals surface area contributed by atoms with Crippen LogP contribution in [0.3, 0.4) is 0 Å². The average molecular weight is 505 g/mol. The van der Waals surface area contributed by atoms with Crippen molar-refractivity contribution in [2.24, 2.45) is 5.92 Å². The summed E-state index contributed by atoms with van der Waals surface area (Å²) in [6.45, 7) is 8.23. The summed E-state index contributed by atoms with van der Waals surface area (Å²) in [6.07, 6.45) is 1.21. The van der Waals surface area contributed by atoms with Gasteiger partial charge in [-0.1, -0.05) is 30.3 Å². The molecule has 1 aliphatic rings. The minimum atomic E-state index is -0.753. The van der Waals surface area contributed by atoms with E-state index in [0.29, 0.717) is 25.1 Å².